The molecule has 1 aliphatic rings. The highest BCUT2D eigenvalue weighted by atomic mass is 19.4. The molecule has 0 bridgehead atoms. The molecule has 3 rings (SSSR count). The third-order valence-electron chi connectivity index (χ3n) is 4.09. The highest BCUT2D eigenvalue weighted by molar-refractivity contribution is 5.98. The van der Waals surface area contributed by atoms with E-state index >= 15 is 0 Å². The molecule has 0 fully saturated rings. The number of anilines is 1. The number of hydrogen-bond donors (Lipinski definition) is 1. The molecule has 0 aromatic heterocycles. The minimum atomic E-state index is -4.62. The van der Waals surface area contributed by atoms with E-state index in [0.717, 1.165) is 18.2 Å². The van der Waals surface area contributed by atoms with Crippen LogP contribution < -0.4 is 19.5 Å². The fraction of sp³-hybridized carbons (Fsp3) is 0.278. The van der Waals surface area contributed by atoms with Crippen molar-refractivity contribution in [2.24, 2.45) is 0 Å². The first-order valence-electron chi connectivity index (χ1n) is 8.34. The van der Waals surface area contributed by atoms with Crippen LogP contribution in [0.15, 0.2) is 30.3 Å². The van der Waals surface area contributed by atoms with Crippen molar-refractivity contribution in [1.82, 2.24) is 0 Å². The summed E-state index contributed by atoms with van der Waals surface area (Å²) in [7, 11) is 2.74. The van der Waals surface area contributed by atoms with Crippen LogP contribution in [0.5, 0.6) is 17.2 Å². The first-order valence-corrected chi connectivity index (χ1v) is 8.34. The summed E-state index contributed by atoms with van der Waals surface area (Å²) >= 11 is 0. The molecule has 2 aromatic rings. The molecule has 160 valence electrons. The van der Waals surface area contributed by atoms with Crippen molar-refractivity contribution in [2.75, 3.05) is 26.1 Å². The van der Waals surface area contributed by atoms with Crippen molar-refractivity contribution < 1.29 is 41.8 Å². The number of carbonyl (C=O) groups is 1. The van der Waals surface area contributed by atoms with Crippen molar-refractivity contribution in [1.29, 1.82) is 0 Å². The summed E-state index contributed by atoms with van der Waals surface area (Å²) in [6, 6.07) is 6.15. The number of nitrogens with zero attached hydrogens (tertiary/aromatic N) is 1. The number of carbonyl (C=O) groups excluding carboxylic acids is 1. The molecule has 0 amide bonds. The number of halogens is 3. The minimum Gasteiger partial charge on any atom is -0.493 e. The van der Waals surface area contributed by atoms with Gasteiger partial charge in [0.15, 0.2) is 18.1 Å². The predicted molar refractivity (Wildman–Crippen MR) is 96.0 cm³/mol. The quantitative estimate of drug-likeness (QED) is 0.403. The molecule has 1 atom stereocenters. The SMILES string of the molecule is COc1ccc2c(c1OC)C(=O)O[C@H]2Nc1cc(OCC(F)(F)F)cc([N+](=O)[O-])c1. The molecular weight excluding hydrogens is 413 g/mol. The van der Waals surface area contributed by atoms with E-state index in [4.69, 9.17) is 14.2 Å². The summed E-state index contributed by atoms with van der Waals surface area (Å²) in [4.78, 5) is 22.7. The van der Waals surface area contributed by atoms with E-state index in [2.05, 4.69) is 10.1 Å². The first-order chi connectivity index (χ1) is 14.1. The van der Waals surface area contributed by atoms with Gasteiger partial charge in [0.25, 0.3) is 5.69 Å². The number of hydrogen-bond acceptors (Lipinski definition) is 8. The van der Waals surface area contributed by atoms with Crippen molar-refractivity contribution in [3.05, 3.63) is 51.6 Å². The molecule has 0 radical (unpaired) electrons. The Labute approximate surface area is 167 Å². The third kappa shape index (κ3) is 4.31. The van der Waals surface area contributed by atoms with Crippen LogP contribution in [-0.2, 0) is 4.74 Å². The number of nitro benzene ring substituents is 1. The molecular formula is C18H15F3N2O7. The van der Waals surface area contributed by atoms with Crippen LogP contribution in [-0.4, -0.2) is 37.9 Å². The van der Waals surface area contributed by atoms with Gasteiger partial charge >= 0.3 is 12.1 Å². The van der Waals surface area contributed by atoms with Gasteiger partial charge < -0.3 is 24.3 Å². The molecule has 0 saturated heterocycles. The van der Waals surface area contributed by atoms with E-state index in [1.807, 2.05) is 0 Å². The highest BCUT2D eigenvalue weighted by Crippen LogP contribution is 2.42. The van der Waals surface area contributed by atoms with Gasteiger partial charge in [-0.2, -0.15) is 13.2 Å². The Balaban J connectivity index is 1.93. The zero-order valence-electron chi connectivity index (χ0n) is 15.6. The number of alkyl halides is 3. The lowest BCUT2D eigenvalue weighted by Gasteiger charge is -2.16. The number of esters is 1. The number of cyclic esters (lactones) is 1. The summed E-state index contributed by atoms with van der Waals surface area (Å²) in [6.45, 7) is -1.62. The van der Waals surface area contributed by atoms with Gasteiger partial charge in [0.2, 0.25) is 6.23 Å². The normalized spacial score (nSPS) is 15.2. The highest BCUT2D eigenvalue weighted by Gasteiger charge is 2.36. The molecule has 9 nitrogen and oxygen atoms in total. The summed E-state index contributed by atoms with van der Waals surface area (Å²) in [5.74, 6) is -0.650. The van der Waals surface area contributed by atoms with Crippen molar-refractivity contribution in [3.8, 4) is 17.2 Å². The molecule has 0 unspecified atom stereocenters. The van der Waals surface area contributed by atoms with Gasteiger partial charge in [0, 0.05) is 23.4 Å². The molecule has 1 aliphatic heterocycles. The Bertz CT molecular complexity index is 994. The number of nitrogens with one attached hydrogen (secondary N) is 1. The third-order valence-corrected chi connectivity index (χ3v) is 4.09. The lowest BCUT2D eigenvalue weighted by molar-refractivity contribution is -0.384. The predicted octanol–water partition coefficient (Wildman–Crippen LogP) is 3.83. The van der Waals surface area contributed by atoms with Crippen LogP contribution in [0.4, 0.5) is 24.5 Å². The molecule has 0 aliphatic carbocycles. The summed E-state index contributed by atoms with van der Waals surface area (Å²) < 4.78 is 57.5. The number of nitro groups is 1. The van der Waals surface area contributed by atoms with Gasteiger partial charge in [-0.25, -0.2) is 4.79 Å². The number of fused-ring (bicyclic) bond motifs is 1. The number of ether oxygens (including phenoxy) is 4. The molecule has 0 spiro atoms. The number of rotatable bonds is 7. The lowest BCUT2D eigenvalue weighted by Crippen LogP contribution is -2.19. The first kappa shape index (κ1) is 21.0. The number of methoxy groups -OCH3 is 2. The van der Waals surface area contributed by atoms with Gasteiger partial charge in [-0.15, -0.1) is 0 Å². The van der Waals surface area contributed by atoms with Crippen molar-refractivity contribution in [2.45, 2.75) is 12.4 Å². The van der Waals surface area contributed by atoms with Crippen LogP contribution in [0.2, 0.25) is 0 Å². The van der Waals surface area contributed by atoms with Crippen LogP contribution in [0, 0.1) is 10.1 Å². The Morgan fingerprint density at radius 3 is 2.53 bits per heavy atom. The number of benzene rings is 2. The topological polar surface area (TPSA) is 109 Å². The zero-order chi connectivity index (χ0) is 22.1. The Hall–Kier alpha value is -3.70. The van der Waals surface area contributed by atoms with E-state index in [0.29, 0.717) is 11.3 Å². The minimum absolute atomic E-state index is 0.0156. The maximum absolute atomic E-state index is 12.4. The monoisotopic (exact) mass is 428 g/mol. The Morgan fingerprint density at radius 1 is 1.20 bits per heavy atom. The number of non-ortho nitro benzene ring substituents is 1. The fourth-order valence-corrected chi connectivity index (χ4v) is 2.88. The maximum atomic E-state index is 12.4. The average Bonchev–Trinajstić information content (AvgIpc) is 3.00. The van der Waals surface area contributed by atoms with E-state index in [1.54, 1.807) is 6.07 Å². The van der Waals surface area contributed by atoms with Crippen molar-refractivity contribution >= 4 is 17.3 Å². The van der Waals surface area contributed by atoms with E-state index < -0.39 is 35.6 Å². The maximum Gasteiger partial charge on any atom is 0.422 e. The average molecular weight is 428 g/mol. The van der Waals surface area contributed by atoms with E-state index in [1.165, 1.54) is 20.3 Å². The van der Waals surface area contributed by atoms with Gasteiger partial charge in [-0.05, 0) is 12.1 Å². The second kappa shape index (κ2) is 7.97. The van der Waals surface area contributed by atoms with E-state index in [9.17, 15) is 28.1 Å². The van der Waals surface area contributed by atoms with Crippen LogP contribution in [0.1, 0.15) is 22.1 Å². The standard InChI is InChI=1S/C18H15F3N2O7/c1-27-13-4-3-12-14(15(13)28-2)17(24)30-16(12)22-9-5-10(23(25)26)7-11(6-9)29-8-18(19,20)21/h3-7,16,22H,8H2,1-2H3/t16-/m1/s1. The second-order valence-corrected chi connectivity index (χ2v) is 6.07. The molecule has 2 aromatic carbocycles. The molecule has 0 saturated carbocycles. The molecule has 12 heteroatoms. The van der Waals surface area contributed by atoms with Crippen LogP contribution in [0.3, 0.4) is 0 Å². The van der Waals surface area contributed by atoms with Gasteiger partial charge in [-0.1, -0.05) is 0 Å². The summed E-state index contributed by atoms with van der Waals surface area (Å²) in [5.41, 5.74) is -0.0221. The smallest absolute Gasteiger partial charge is 0.422 e. The van der Waals surface area contributed by atoms with Crippen LogP contribution >= 0.6 is 0 Å². The zero-order valence-corrected chi connectivity index (χ0v) is 15.6. The Kier molecular flexibility index (Phi) is 5.58. The van der Waals surface area contributed by atoms with Crippen LogP contribution in [0.25, 0.3) is 0 Å². The molecule has 1 N–H and O–H groups in total. The Morgan fingerprint density at radius 2 is 1.93 bits per heavy atom. The fourth-order valence-electron chi connectivity index (χ4n) is 2.88. The summed E-state index contributed by atoms with van der Waals surface area (Å²) in [6.07, 6.45) is -5.68. The van der Waals surface area contributed by atoms with E-state index in [-0.39, 0.29) is 22.7 Å². The van der Waals surface area contributed by atoms with Crippen molar-refractivity contribution in [3.63, 3.8) is 0 Å². The second-order valence-electron chi connectivity index (χ2n) is 6.07. The van der Waals surface area contributed by atoms with Gasteiger partial charge in [-0.3, -0.25) is 10.1 Å². The van der Waals surface area contributed by atoms with Gasteiger partial charge in [0.05, 0.1) is 25.2 Å². The molecule has 30 heavy (non-hydrogen) atoms. The lowest BCUT2D eigenvalue weighted by atomic mass is 10.1. The molecule has 1 heterocycles. The largest absolute Gasteiger partial charge is 0.493 e. The van der Waals surface area contributed by atoms with Gasteiger partial charge in [0.1, 0.15) is 11.3 Å². The summed E-state index contributed by atoms with van der Waals surface area (Å²) in [5, 5.41) is 13.9.